The van der Waals surface area contributed by atoms with Crippen LogP contribution < -0.4 is 5.32 Å². The average Bonchev–Trinajstić information content (AvgIpc) is 3.04. The standard InChI is InChI=1S/C18H14F2N2O2/c19-11-8-15-13-2-1-3-14(13)17(21-18(15)16(20)9-11)10-4-6-12(7-5-10)22(23)24/h1-2,4-9,13-14,17,21H,3H2/t13-,14-,17+/m1/s1. The molecule has 1 aliphatic heterocycles. The largest absolute Gasteiger partial charge is 0.375 e. The van der Waals surface area contributed by atoms with Crippen molar-refractivity contribution in [3.05, 3.63) is 81.4 Å². The normalized spacial score (nSPS) is 24.2. The van der Waals surface area contributed by atoms with Crippen molar-refractivity contribution in [1.82, 2.24) is 0 Å². The van der Waals surface area contributed by atoms with Crippen molar-refractivity contribution in [2.75, 3.05) is 5.32 Å². The van der Waals surface area contributed by atoms with Crippen LogP contribution in [0, 0.1) is 27.7 Å². The molecular weight excluding hydrogens is 314 g/mol. The summed E-state index contributed by atoms with van der Waals surface area (Å²) < 4.78 is 27.8. The molecule has 0 saturated carbocycles. The van der Waals surface area contributed by atoms with Gasteiger partial charge in [0.1, 0.15) is 11.6 Å². The Balaban J connectivity index is 1.76. The van der Waals surface area contributed by atoms with Crippen LogP contribution in [0.25, 0.3) is 0 Å². The van der Waals surface area contributed by atoms with E-state index in [0.717, 1.165) is 18.1 Å². The summed E-state index contributed by atoms with van der Waals surface area (Å²) in [6.07, 6.45) is 4.80. The molecule has 1 aliphatic carbocycles. The van der Waals surface area contributed by atoms with Gasteiger partial charge in [-0.3, -0.25) is 10.1 Å². The molecule has 0 bridgehead atoms. The molecule has 1 heterocycles. The van der Waals surface area contributed by atoms with Gasteiger partial charge in [-0.05, 0) is 29.5 Å². The Labute approximate surface area is 137 Å². The van der Waals surface area contributed by atoms with E-state index in [0.29, 0.717) is 11.3 Å². The molecule has 1 N–H and O–H groups in total. The number of nitro benzene ring substituents is 1. The molecule has 2 aromatic rings. The molecule has 4 nitrogen and oxygen atoms in total. The van der Waals surface area contributed by atoms with Crippen LogP contribution in [0.3, 0.4) is 0 Å². The van der Waals surface area contributed by atoms with E-state index in [2.05, 4.69) is 5.32 Å². The summed E-state index contributed by atoms with van der Waals surface area (Å²) in [7, 11) is 0. The lowest BCUT2D eigenvalue weighted by atomic mass is 9.77. The van der Waals surface area contributed by atoms with E-state index >= 15 is 0 Å². The molecule has 122 valence electrons. The minimum atomic E-state index is -0.615. The first-order chi connectivity index (χ1) is 11.5. The third-order valence-corrected chi connectivity index (χ3v) is 4.85. The molecule has 0 spiro atoms. The van der Waals surface area contributed by atoms with E-state index in [1.54, 1.807) is 12.1 Å². The lowest BCUT2D eigenvalue weighted by Gasteiger charge is -2.37. The fraction of sp³-hybridized carbons (Fsp3) is 0.222. The highest BCUT2D eigenvalue weighted by molar-refractivity contribution is 5.61. The van der Waals surface area contributed by atoms with Gasteiger partial charge in [0.15, 0.2) is 0 Å². The van der Waals surface area contributed by atoms with Crippen LogP contribution in [-0.4, -0.2) is 4.92 Å². The van der Waals surface area contributed by atoms with Gasteiger partial charge in [-0.15, -0.1) is 0 Å². The van der Waals surface area contributed by atoms with Crippen LogP contribution in [0.5, 0.6) is 0 Å². The summed E-state index contributed by atoms with van der Waals surface area (Å²) in [6.45, 7) is 0. The lowest BCUT2D eigenvalue weighted by Crippen LogP contribution is -2.29. The van der Waals surface area contributed by atoms with Crippen molar-refractivity contribution >= 4 is 11.4 Å². The number of halogens is 2. The number of hydrogen-bond acceptors (Lipinski definition) is 3. The van der Waals surface area contributed by atoms with Crippen molar-refractivity contribution in [3.63, 3.8) is 0 Å². The highest BCUT2D eigenvalue weighted by Crippen LogP contribution is 2.50. The number of non-ortho nitro benzene ring substituents is 1. The van der Waals surface area contributed by atoms with Crippen LogP contribution in [0.1, 0.15) is 29.5 Å². The molecule has 0 amide bonds. The molecule has 2 aliphatic rings. The number of anilines is 1. The molecule has 2 aromatic carbocycles. The topological polar surface area (TPSA) is 55.2 Å². The summed E-state index contributed by atoms with van der Waals surface area (Å²) in [6, 6.07) is 8.35. The first-order valence-electron chi connectivity index (χ1n) is 7.71. The Bertz CT molecular complexity index is 849. The van der Waals surface area contributed by atoms with Crippen LogP contribution >= 0.6 is 0 Å². The van der Waals surface area contributed by atoms with E-state index in [-0.39, 0.29) is 23.6 Å². The van der Waals surface area contributed by atoms with Gasteiger partial charge in [-0.2, -0.15) is 0 Å². The SMILES string of the molecule is O=[N+]([O-])c1ccc([C@@H]2Nc3c(F)cc(F)cc3[C@@H]3C=CC[C@H]32)cc1. The second kappa shape index (κ2) is 5.40. The zero-order valence-electron chi connectivity index (χ0n) is 12.6. The summed E-state index contributed by atoms with van der Waals surface area (Å²) >= 11 is 0. The van der Waals surface area contributed by atoms with Gasteiger partial charge < -0.3 is 5.32 Å². The van der Waals surface area contributed by atoms with Crippen molar-refractivity contribution in [2.24, 2.45) is 5.92 Å². The van der Waals surface area contributed by atoms with Gasteiger partial charge in [0.05, 0.1) is 16.7 Å². The maximum Gasteiger partial charge on any atom is 0.269 e. The van der Waals surface area contributed by atoms with Crippen LogP contribution in [0.15, 0.2) is 48.6 Å². The highest BCUT2D eigenvalue weighted by atomic mass is 19.1. The number of nitrogens with one attached hydrogen (secondary N) is 1. The number of allylic oxidation sites excluding steroid dienone is 2. The Morgan fingerprint density at radius 2 is 1.92 bits per heavy atom. The molecular formula is C18H14F2N2O2. The predicted octanol–water partition coefficient (Wildman–Crippen LogP) is 4.70. The molecule has 4 rings (SSSR count). The molecule has 0 unspecified atom stereocenters. The van der Waals surface area contributed by atoms with Crippen molar-refractivity contribution in [2.45, 2.75) is 18.4 Å². The number of hydrogen-bond donors (Lipinski definition) is 1. The molecule has 6 heteroatoms. The molecule has 0 fully saturated rings. The zero-order valence-corrected chi connectivity index (χ0v) is 12.6. The second-order valence-corrected chi connectivity index (χ2v) is 6.18. The maximum absolute atomic E-state index is 14.2. The van der Waals surface area contributed by atoms with E-state index in [9.17, 15) is 18.9 Å². The summed E-state index contributed by atoms with van der Waals surface area (Å²) in [4.78, 5) is 10.4. The fourth-order valence-electron chi connectivity index (χ4n) is 3.75. The first kappa shape index (κ1) is 14.8. The van der Waals surface area contributed by atoms with Crippen LogP contribution in [0.2, 0.25) is 0 Å². The maximum atomic E-state index is 14.2. The quantitative estimate of drug-likeness (QED) is 0.494. The van der Waals surface area contributed by atoms with E-state index in [4.69, 9.17) is 0 Å². The Morgan fingerprint density at radius 1 is 1.17 bits per heavy atom. The molecule has 24 heavy (non-hydrogen) atoms. The highest BCUT2D eigenvalue weighted by Gasteiger charge is 2.39. The van der Waals surface area contributed by atoms with Gasteiger partial charge in [0.25, 0.3) is 5.69 Å². The monoisotopic (exact) mass is 328 g/mol. The fourth-order valence-corrected chi connectivity index (χ4v) is 3.75. The van der Waals surface area contributed by atoms with Crippen LogP contribution in [-0.2, 0) is 0 Å². The molecule has 0 saturated heterocycles. The Kier molecular flexibility index (Phi) is 3.33. The number of nitro groups is 1. The summed E-state index contributed by atoms with van der Waals surface area (Å²) in [5.41, 5.74) is 1.81. The summed E-state index contributed by atoms with van der Waals surface area (Å²) in [5, 5.41) is 14.0. The number of benzene rings is 2. The predicted molar refractivity (Wildman–Crippen MR) is 85.8 cm³/mol. The first-order valence-corrected chi connectivity index (χ1v) is 7.71. The van der Waals surface area contributed by atoms with Gasteiger partial charge in [0.2, 0.25) is 0 Å². The molecule has 0 aromatic heterocycles. The molecule has 3 atom stereocenters. The molecule has 0 radical (unpaired) electrons. The van der Waals surface area contributed by atoms with Gasteiger partial charge in [-0.1, -0.05) is 24.3 Å². The lowest BCUT2D eigenvalue weighted by molar-refractivity contribution is -0.384. The minimum Gasteiger partial charge on any atom is -0.375 e. The number of rotatable bonds is 2. The third kappa shape index (κ3) is 2.26. The smallest absolute Gasteiger partial charge is 0.269 e. The zero-order chi connectivity index (χ0) is 16.8. The van der Waals surface area contributed by atoms with Crippen molar-refractivity contribution in [3.8, 4) is 0 Å². The number of nitrogens with zero attached hydrogens (tertiary/aromatic N) is 1. The van der Waals surface area contributed by atoms with Gasteiger partial charge in [-0.25, -0.2) is 8.78 Å². The van der Waals surface area contributed by atoms with Crippen molar-refractivity contribution in [1.29, 1.82) is 0 Å². The van der Waals surface area contributed by atoms with E-state index in [1.165, 1.54) is 18.2 Å². The van der Waals surface area contributed by atoms with Crippen LogP contribution in [0.4, 0.5) is 20.2 Å². The number of fused-ring (bicyclic) bond motifs is 3. The Hall–Kier alpha value is -2.76. The minimum absolute atomic E-state index is 0.0179. The average molecular weight is 328 g/mol. The second-order valence-electron chi connectivity index (χ2n) is 6.18. The Morgan fingerprint density at radius 3 is 2.62 bits per heavy atom. The van der Waals surface area contributed by atoms with Crippen molar-refractivity contribution < 1.29 is 13.7 Å². The summed E-state index contributed by atoms with van der Waals surface area (Å²) in [5.74, 6) is -1.14. The van der Waals surface area contributed by atoms with Gasteiger partial charge in [0, 0.05) is 24.1 Å². The third-order valence-electron chi connectivity index (χ3n) is 4.85. The van der Waals surface area contributed by atoms with E-state index < -0.39 is 16.6 Å². The van der Waals surface area contributed by atoms with Gasteiger partial charge >= 0.3 is 0 Å². The van der Waals surface area contributed by atoms with E-state index in [1.807, 2.05) is 12.2 Å².